The number of ketones is 1. The van der Waals surface area contributed by atoms with Crippen LogP contribution in [0.3, 0.4) is 0 Å². The van der Waals surface area contributed by atoms with Crippen LogP contribution in [0.15, 0.2) is 10.6 Å². The van der Waals surface area contributed by atoms with Crippen LogP contribution in [0, 0.1) is 6.92 Å². The van der Waals surface area contributed by atoms with Crippen LogP contribution in [0.2, 0.25) is 0 Å². The van der Waals surface area contributed by atoms with Gasteiger partial charge in [-0.1, -0.05) is 0 Å². The third kappa shape index (κ3) is 2.14. The number of amides is 1. The highest BCUT2D eigenvalue weighted by atomic mass is 16.3. The first-order valence-electron chi connectivity index (χ1n) is 9.56. The Morgan fingerprint density at radius 3 is 3.04 bits per heavy atom. The second kappa shape index (κ2) is 5.56. The predicted molar refractivity (Wildman–Crippen MR) is 94.4 cm³/mol. The van der Waals surface area contributed by atoms with Crippen molar-refractivity contribution < 1.29 is 14.0 Å². The van der Waals surface area contributed by atoms with E-state index in [0.717, 1.165) is 45.1 Å². The van der Waals surface area contributed by atoms with Gasteiger partial charge >= 0.3 is 0 Å². The van der Waals surface area contributed by atoms with Gasteiger partial charge in [-0.15, -0.1) is 0 Å². The Kier molecular flexibility index (Phi) is 3.39. The Balaban J connectivity index is 1.49. The first-order valence-corrected chi connectivity index (χ1v) is 9.56. The standard InChI is InChI=1S/C20H23N3O3/c1-12-16(17-14(24)4-2-5-15(17)26-12)19(25)23-9-3-7-20(11-23)8-6-13-10-21-22-18(13)20/h10H,2-9,11H2,1H3,(H,21,22). The topological polar surface area (TPSA) is 79.2 Å². The molecule has 1 amide bonds. The van der Waals surface area contributed by atoms with Gasteiger partial charge in [0.2, 0.25) is 0 Å². The molecule has 1 spiro atoms. The van der Waals surface area contributed by atoms with Crippen molar-refractivity contribution in [3.05, 3.63) is 40.1 Å². The number of aryl methyl sites for hydroxylation is 3. The molecule has 3 aliphatic rings. The zero-order valence-corrected chi connectivity index (χ0v) is 15.1. The average molecular weight is 353 g/mol. The van der Waals surface area contributed by atoms with Crippen LogP contribution in [0.1, 0.15) is 75.6 Å². The third-order valence-corrected chi connectivity index (χ3v) is 6.44. The lowest BCUT2D eigenvalue weighted by molar-refractivity contribution is 0.0628. The van der Waals surface area contributed by atoms with Gasteiger partial charge in [0.15, 0.2) is 5.78 Å². The molecule has 2 aliphatic carbocycles. The highest BCUT2D eigenvalue weighted by molar-refractivity contribution is 6.10. The Hall–Kier alpha value is -2.37. The van der Waals surface area contributed by atoms with E-state index in [1.54, 1.807) is 6.92 Å². The van der Waals surface area contributed by atoms with Crippen molar-refractivity contribution in [2.45, 2.75) is 57.3 Å². The molecular formula is C20H23N3O3. The monoisotopic (exact) mass is 353 g/mol. The summed E-state index contributed by atoms with van der Waals surface area (Å²) in [5, 5.41) is 7.39. The summed E-state index contributed by atoms with van der Waals surface area (Å²) in [5.41, 5.74) is 3.53. The number of hydrogen-bond donors (Lipinski definition) is 1. The van der Waals surface area contributed by atoms with Crippen molar-refractivity contribution in [1.29, 1.82) is 0 Å². The molecule has 1 N–H and O–H groups in total. The summed E-state index contributed by atoms with van der Waals surface area (Å²) in [5.74, 6) is 1.29. The summed E-state index contributed by atoms with van der Waals surface area (Å²) in [7, 11) is 0. The summed E-state index contributed by atoms with van der Waals surface area (Å²) in [6, 6.07) is 0. The quantitative estimate of drug-likeness (QED) is 0.855. The summed E-state index contributed by atoms with van der Waals surface area (Å²) < 4.78 is 5.80. The summed E-state index contributed by atoms with van der Waals surface area (Å²) >= 11 is 0. The van der Waals surface area contributed by atoms with Gasteiger partial charge in [-0.25, -0.2) is 0 Å². The SMILES string of the molecule is Cc1oc2c(c1C(=O)N1CCCC3(CCc4cn[nH]c43)C1)C(=O)CCC2. The van der Waals surface area contributed by atoms with Crippen molar-refractivity contribution in [3.63, 3.8) is 0 Å². The van der Waals surface area contributed by atoms with Gasteiger partial charge in [-0.2, -0.15) is 5.10 Å². The molecule has 1 atom stereocenters. The van der Waals surface area contributed by atoms with Gasteiger partial charge in [-0.05, 0) is 44.6 Å². The van der Waals surface area contributed by atoms with E-state index in [2.05, 4.69) is 10.2 Å². The number of nitrogens with one attached hydrogen (secondary N) is 1. The van der Waals surface area contributed by atoms with Gasteiger partial charge in [0.1, 0.15) is 11.5 Å². The van der Waals surface area contributed by atoms with E-state index in [1.807, 2.05) is 11.1 Å². The minimum atomic E-state index is -0.0465. The lowest BCUT2D eigenvalue weighted by atomic mass is 9.77. The number of aromatic amines is 1. The number of fused-ring (bicyclic) bond motifs is 3. The van der Waals surface area contributed by atoms with Crippen LogP contribution < -0.4 is 0 Å². The van der Waals surface area contributed by atoms with Crippen LogP contribution >= 0.6 is 0 Å². The maximum atomic E-state index is 13.4. The summed E-state index contributed by atoms with van der Waals surface area (Å²) in [6.45, 7) is 3.23. The molecule has 1 fully saturated rings. The van der Waals surface area contributed by atoms with E-state index in [4.69, 9.17) is 4.42 Å². The fourth-order valence-electron chi connectivity index (χ4n) is 5.20. The maximum Gasteiger partial charge on any atom is 0.258 e. The molecule has 0 aromatic carbocycles. The van der Waals surface area contributed by atoms with Crippen molar-refractivity contribution >= 4 is 11.7 Å². The Morgan fingerprint density at radius 2 is 2.15 bits per heavy atom. The molecule has 2 aromatic heterocycles. The number of Topliss-reactive ketones (excluding diaryl/α,β-unsaturated/α-hetero) is 1. The number of carbonyl (C=O) groups is 2. The minimum absolute atomic E-state index is 0.0124. The van der Waals surface area contributed by atoms with Gasteiger partial charge in [0.25, 0.3) is 5.91 Å². The van der Waals surface area contributed by atoms with Crippen LogP contribution in [0.5, 0.6) is 0 Å². The number of hydrogen-bond acceptors (Lipinski definition) is 4. The lowest BCUT2D eigenvalue weighted by Crippen LogP contribution is -2.48. The maximum absolute atomic E-state index is 13.4. The molecular weight excluding hydrogens is 330 g/mol. The van der Waals surface area contributed by atoms with Crippen LogP contribution in [0.25, 0.3) is 0 Å². The molecule has 5 rings (SSSR count). The molecule has 26 heavy (non-hydrogen) atoms. The smallest absolute Gasteiger partial charge is 0.258 e. The van der Waals surface area contributed by atoms with Gasteiger partial charge in [0, 0.05) is 37.0 Å². The van der Waals surface area contributed by atoms with Crippen LogP contribution in [-0.2, 0) is 18.3 Å². The fraction of sp³-hybridized carbons (Fsp3) is 0.550. The molecule has 0 saturated carbocycles. The molecule has 1 saturated heterocycles. The van der Waals surface area contributed by atoms with E-state index in [-0.39, 0.29) is 17.1 Å². The lowest BCUT2D eigenvalue weighted by Gasteiger charge is -2.40. The number of likely N-dealkylation sites (tertiary alicyclic amines) is 1. The second-order valence-corrected chi connectivity index (χ2v) is 7.99. The average Bonchev–Trinajstić information content (AvgIpc) is 3.31. The van der Waals surface area contributed by atoms with E-state index in [1.165, 1.54) is 11.3 Å². The number of carbonyl (C=O) groups excluding carboxylic acids is 2. The van der Waals surface area contributed by atoms with Crippen molar-refractivity contribution in [1.82, 2.24) is 15.1 Å². The summed E-state index contributed by atoms with van der Waals surface area (Å²) in [6.07, 6.45) is 8.10. The Labute approximate surface area is 151 Å². The highest BCUT2D eigenvalue weighted by Gasteiger charge is 2.45. The van der Waals surface area contributed by atoms with Crippen molar-refractivity contribution in [3.8, 4) is 0 Å². The van der Waals surface area contributed by atoms with Gasteiger partial charge < -0.3 is 9.32 Å². The molecule has 0 radical (unpaired) electrons. The largest absolute Gasteiger partial charge is 0.465 e. The third-order valence-electron chi connectivity index (χ3n) is 6.44. The van der Waals surface area contributed by atoms with E-state index < -0.39 is 0 Å². The second-order valence-electron chi connectivity index (χ2n) is 7.99. The molecule has 2 aromatic rings. The Morgan fingerprint density at radius 1 is 1.27 bits per heavy atom. The number of piperidine rings is 1. The molecule has 6 heteroatoms. The van der Waals surface area contributed by atoms with E-state index >= 15 is 0 Å². The first-order chi connectivity index (χ1) is 12.6. The Bertz CT molecular complexity index is 910. The van der Waals surface area contributed by atoms with Gasteiger partial charge in [0.05, 0.1) is 17.3 Å². The van der Waals surface area contributed by atoms with Crippen LogP contribution in [0.4, 0.5) is 0 Å². The molecule has 3 heterocycles. The molecule has 6 nitrogen and oxygen atoms in total. The number of aromatic nitrogens is 2. The summed E-state index contributed by atoms with van der Waals surface area (Å²) in [4.78, 5) is 27.7. The number of H-pyrrole nitrogens is 1. The zero-order valence-electron chi connectivity index (χ0n) is 15.1. The van der Waals surface area contributed by atoms with E-state index in [9.17, 15) is 9.59 Å². The first kappa shape index (κ1) is 15.9. The zero-order chi connectivity index (χ0) is 17.9. The molecule has 1 unspecified atom stereocenters. The van der Waals surface area contributed by atoms with Gasteiger partial charge in [-0.3, -0.25) is 14.7 Å². The fourth-order valence-corrected chi connectivity index (χ4v) is 5.20. The normalized spacial score (nSPS) is 24.8. The number of furan rings is 1. The highest BCUT2D eigenvalue weighted by Crippen LogP contribution is 2.44. The minimum Gasteiger partial charge on any atom is -0.465 e. The van der Waals surface area contributed by atoms with Crippen molar-refractivity contribution in [2.75, 3.05) is 13.1 Å². The predicted octanol–water partition coefficient (Wildman–Crippen LogP) is 2.95. The molecule has 136 valence electrons. The van der Waals surface area contributed by atoms with Crippen molar-refractivity contribution in [2.24, 2.45) is 0 Å². The van der Waals surface area contributed by atoms with Crippen LogP contribution in [-0.4, -0.2) is 39.9 Å². The molecule has 1 aliphatic heterocycles. The van der Waals surface area contributed by atoms with E-state index in [0.29, 0.717) is 35.6 Å². The number of nitrogens with zero attached hydrogens (tertiary/aromatic N) is 2. The number of rotatable bonds is 1. The molecule has 0 bridgehead atoms.